The van der Waals surface area contributed by atoms with E-state index < -0.39 is 0 Å². The second-order valence-corrected chi connectivity index (χ2v) is 5.89. The molecule has 1 aromatic heterocycles. The molecule has 2 rings (SSSR count). The number of aryl methyl sites for hydroxylation is 1. The molecule has 1 N–H and O–H groups in total. The first kappa shape index (κ1) is 12.7. The lowest BCUT2D eigenvalue weighted by molar-refractivity contribution is 0.613. The van der Waals surface area contributed by atoms with Gasteiger partial charge in [0, 0.05) is 24.2 Å². The van der Waals surface area contributed by atoms with E-state index in [1.807, 2.05) is 19.2 Å². The van der Waals surface area contributed by atoms with Crippen molar-refractivity contribution in [1.29, 1.82) is 0 Å². The van der Waals surface area contributed by atoms with Gasteiger partial charge in [-0.25, -0.2) is 9.37 Å². The summed E-state index contributed by atoms with van der Waals surface area (Å²) in [6.07, 6.45) is 1.86. The minimum absolute atomic E-state index is 0.227. The quantitative estimate of drug-likeness (QED) is 0.932. The summed E-state index contributed by atoms with van der Waals surface area (Å²) in [6.45, 7) is 3.39. The first-order valence-corrected chi connectivity index (χ1v) is 6.82. The number of thiazole rings is 1. The third-order valence-electron chi connectivity index (χ3n) is 2.26. The summed E-state index contributed by atoms with van der Waals surface area (Å²) < 4.78 is 13.7. The summed E-state index contributed by atoms with van der Waals surface area (Å²) in [6, 6.07) is 5.15. The number of hydrogen-bond acceptors (Lipinski definition) is 3. The molecule has 0 bridgehead atoms. The smallest absolute Gasteiger partial charge is 0.137 e. The van der Waals surface area contributed by atoms with Crippen LogP contribution >= 0.6 is 27.3 Å². The molecule has 90 valence electrons. The van der Waals surface area contributed by atoms with Gasteiger partial charge in [-0.3, -0.25) is 0 Å². The van der Waals surface area contributed by atoms with Crippen molar-refractivity contribution in [3.05, 3.63) is 50.1 Å². The fourth-order valence-electron chi connectivity index (χ4n) is 1.45. The molecule has 0 fully saturated rings. The van der Waals surface area contributed by atoms with Gasteiger partial charge in [0.25, 0.3) is 0 Å². The third-order valence-corrected chi connectivity index (χ3v) is 3.81. The third kappa shape index (κ3) is 3.59. The number of halogens is 2. The van der Waals surface area contributed by atoms with E-state index in [2.05, 4.69) is 26.2 Å². The largest absolute Gasteiger partial charge is 0.306 e. The minimum Gasteiger partial charge on any atom is -0.306 e. The molecule has 0 aliphatic rings. The second-order valence-electron chi connectivity index (χ2n) is 3.72. The van der Waals surface area contributed by atoms with Crippen LogP contribution in [0.1, 0.15) is 15.4 Å². The summed E-state index contributed by atoms with van der Waals surface area (Å²) in [5.74, 6) is -0.227. The van der Waals surface area contributed by atoms with E-state index in [9.17, 15) is 4.39 Å². The van der Waals surface area contributed by atoms with Gasteiger partial charge < -0.3 is 5.32 Å². The molecule has 2 aromatic rings. The highest BCUT2D eigenvalue weighted by molar-refractivity contribution is 9.10. The standard InChI is InChI=1S/C12H12BrFN2S/c1-8-5-16-12(17-8)7-15-6-9-2-3-10(13)11(14)4-9/h2-5,15H,6-7H2,1H3. The van der Waals surface area contributed by atoms with Crippen molar-refractivity contribution in [2.24, 2.45) is 0 Å². The van der Waals surface area contributed by atoms with Crippen LogP contribution in [0.5, 0.6) is 0 Å². The van der Waals surface area contributed by atoms with E-state index in [0.717, 1.165) is 17.1 Å². The van der Waals surface area contributed by atoms with Crippen LogP contribution in [0, 0.1) is 12.7 Å². The van der Waals surface area contributed by atoms with Gasteiger partial charge in [-0.2, -0.15) is 0 Å². The van der Waals surface area contributed by atoms with Crippen LogP contribution in [0.4, 0.5) is 4.39 Å². The Balaban J connectivity index is 1.87. The van der Waals surface area contributed by atoms with Gasteiger partial charge in [0.2, 0.25) is 0 Å². The Morgan fingerprint density at radius 3 is 2.88 bits per heavy atom. The fraction of sp³-hybridized carbons (Fsp3) is 0.250. The Morgan fingerprint density at radius 1 is 1.41 bits per heavy atom. The number of nitrogens with one attached hydrogen (secondary N) is 1. The summed E-state index contributed by atoms with van der Waals surface area (Å²) in [5.41, 5.74) is 0.930. The number of rotatable bonds is 4. The zero-order valence-corrected chi connectivity index (χ0v) is 11.7. The Morgan fingerprint density at radius 2 is 2.24 bits per heavy atom. The number of nitrogens with zero attached hydrogens (tertiary/aromatic N) is 1. The molecule has 0 radical (unpaired) electrons. The van der Waals surface area contributed by atoms with E-state index in [-0.39, 0.29) is 5.82 Å². The maximum Gasteiger partial charge on any atom is 0.137 e. The molecule has 5 heteroatoms. The predicted molar refractivity (Wildman–Crippen MR) is 71.5 cm³/mol. The van der Waals surface area contributed by atoms with Crippen LogP contribution in [0.2, 0.25) is 0 Å². The molecule has 0 spiro atoms. The zero-order valence-electron chi connectivity index (χ0n) is 9.34. The molecule has 0 amide bonds. The molecule has 0 saturated heterocycles. The van der Waals surface area contributed by atoms with Crippen LogP contribution in [0.3, 0.4) is 0 Å². The van der Waals surface area contributed by atoms with Crippen LogP contribution in [0.25, 0.3) is 0 Å². The lowest BCUT2D eigenvalue weighted by Crippen LogP contribution is -2.12. The molecular weight excluding hydrogens is 303 g/mol. The van der Waals surface area contributed by atoms with Gasteiger partial charge in [-0.05, 0) is 40.5 Å². The molecule has 0 unspecified atom stereocenters. The zero-order chi connectivity index (χ0) is 12.3. The van der Waals surface area contributed by atoms with Gasteiger partial charge in [0.15, 0.2) is 0 Å². The van der Waals surface area contributed by atoms with Gasteiger partial charge in [-0.15, -0.1) is 11.3 Å². The first-order valence-electron chi connectivity index (χ1n) is 5.21. The van der Waals surface area contributed by atoms with Crippen molar-refractivity contribution < 1.29 is 4.39 Å². The van der Waals surface area contributed by atoms with E-state index in [1.54, 1.807) is 17.4 Å². The number of aromatic nitrogens is 1. The van der Waals surface area contributed by atoms with E-state index in [0.29, 0.717) is 11.0 Å². The highest BCUT2D eigenvalue weighted by Crippen LogP contribution is 2.16. The monoisotopic (exact) mass is 314 g/mol. The first-order chi connectivity index (χ1) is 8.15. The molecule has 1 heterocycles. The Hall–Kier alpha value is -0.780. The summed E-state index contributed by atoms with van der Waals surface area (Å²) in [5, 5.41) is 4.30. The van der Waals surface area contributed by atoms with E-state index >= 15 is 0 Å². The fourth-order valence-corrected chi connectivity index (χ4v) is 2.45. The van der Waals surface area contributed by atoms with Crippen molar-refractivity contribution in [2.75, 3.05) is 0 Å². The van der Waals surface area contributed by atoms with Crippen molar-refractivity contribution in [2.45, 2.75) is 20.0 Å². The summed E-state index contributed by atoms with van der Waals surface area (Å²) in [4.78, 5) is 5.46. The average Bonchev–Trinajstić information content (AvgIpc) is 2.70. The van der Waals surface area contributed by atoms with Gasteiger partial charge >= 0.3 is 0 Å². The SMILES string of the molecule is Cc1cnc(CNCc2ccc(Br)c(F)c2)s1. The van der Waals surface area contributed by atoms with Crippen molar-refractivity contribution in [1.82, 2.24) is 10.3 Å². The second kappa shape index (κ2) is 5.71. The Kier molecular flexibility index (Phi) is 4.25. The molecule has 0 aliphatic carbocycles. The summed E-state index contributed by atoms with van der Waals surface area (Å²) in [7, 11) is 0. The predicted octanol–water partition coefficient (Wildman–Crippen LogP) is 3.64. The van der Waals surface area contributed by atoms with Crippen LogP contribution in [-0.4, -0.2) is 4.98 Å². The maximum atomic E-state index is 13.2. The van der Waals surface area contributed by atoms with Crippen molar-refractivity contribution in [3.8, 4) is 0 Å². The average molecular weight is 315 g/mol. The lowest BCUT2D eigenvalue weighted by atomic mass is 10.2. The molecule has 17 heavy (non-hydrogen) atoms. The lowest BCUT2D eigenvalue weighted by Gasteiger charge is -2.03. The molecular formula is C12H12BrFN2S. The Bertz CT molecular complexity index is 513. The normalized spacial score (nSPS) is 10.8. The molecule has 2 nitrogen and oxygen atoms in total. The van der Waals surface area contributed by atoms with Crippen LogP contribution < -0.4 is 5.32 Å². The highest BCUT2D eigenvalue weighted by atomic mass is 79.9. The van der Waals surface area contributed by atoms with E-state index in [4.69, 9.17) is 0 Å². The maximum absolute atomic E-state index is 13.2. The van der Waals surface area contributed by atoms with Gasteiger partial charge in [0.1, 0.15) is 10.8 Å². The topological polar surface area (TPSA) is 24.9 Å². The van der Waals surface area contributed by atoms with Gasteiger partial charge in [0.05, 0.1) is 4.47 Å². The molecule has 0 saturated carbocycles. The van der Waals surface area contributed by atoms with Crippen molar-refractivity contribution >= 4 is 27.3 Å². The highest BCUT2D eigenvalue weighted by Gasteiger charge is 2.01. The van der Waals surface area contributed by atoms with E-state index in [1.165, 1.54) is 10.9 Å². The minimum atomic E-state index is -0.227. The van der Waals surface area contributed by atoms with Crippen LogP contribution in [-0.2, 0) is 13.1 Å². The summed E-state index contributed by atoms with van der Waals surface area (Å²) >= 11 is 4.81. The Labute approximate surface area is 112 Å². The number of hydrogen-bond donors (Lipinski definition) is 1. The molecule has 0 aliphatic heterocycles. The van der Waals surface area contributed by atoms with Crippen LogP contribution in [0.15, 0.2) is 28.9 Å². The van der Waals surface area contributed by atoms with Gasteiger partial charge in [-0.1, -0.05) is 6.07 Å². The number of benzene rings is 1. The van der Waals surface area contributed by atoms with Crippen molar-refractivity contribution in [3.63, 3.8) is 0 Å². The molecule has 1 aromatic carbocycles. The molecule has 0 atom stereocenters.